The van der Waals surface area contributed by atoms with Crippen molar-refractivity contribution in [1.29, 1.82) is 0 Å². The Balaban J connectivity index is 1.55. The van der Waals surface area contributed by atoms with E-state index in [1.807, 2.05) is 0 Å². The first-order chi connectivity index (χ1) is 12.0. The van der Waals surface area contributed by atoms with Gasteiger partial charge >= 0.3 is 0 Å². The number of aryl methyl sites for hydroxylation is 1. The Hall–Kier alpha value is -1.57. The number of hydrogen-bond donors (Lipinski definition) is 2. The lowest BCUT2D eigenvalue weighted by Crippen LogP contribution is -2.41. The first kappa shape index (κ1) is 18.2. The van der Waals surface area contributed by atoms with Gasteiger partial charge in [0.25, 0.3) is 0 Å². The monoisotopic (exact) mass is 365 g/mol. The van der Waals surface area contributed by atoms with Crippen LogP contribution in [0.4, 0.5) is 0 Å². The lowest BCUT2D eigenvalue weighted by atomic mass is 9.86. The molecule has 2 aliphatic rings. The number of rotatable bonds is 8. The number of carbonyl (C=O) groups is 2. The van der Waals surface area contributed by atoms with Crippen LogP contribution < -0.4 is 11.1 Å². The lowest BCUT2D eigenvalue weighted by molar-refractivity contribution is -0.120. The molecule has 0 saturated heterocycles. The van der Waals surface area contributed by atoms with E-state index in [0.717, 1.165) is 30.2 Å². The summed E-state index contributed by atoms with van der Waals surface area (Å²) in [5.74, 6) is 1.43. The van der Waals surface area contributed by atoms with Crippen LogP contribution in [0.1, 0.15) is 63.7 Å². The maximum Gasteiger partial charge on any atom is 0.230 e. The molecule has 2 saturated carbocycles. The van der Waals surface area contributed by atoms with Gasteiger partial charge in [0.15, 0.2) is 5.16 Å². The van der Waals surface area contributed by atoms with Crippen LogP contribution in [0.2, 0.25) is 0 Å². The average molecular weight is 366 g/mol. The standard InChI is InChI=1S/C17H27N5O2S/c1-11-4-2-3-5-13(11)19-16(24)10-25-17-21-20-15(9-8-14(18)23)22(17)12-6-7-12/h11-13H,2-10H2,1H3,(H2,18,23)(H,19,24)/t11-,13-/m0/s1. The molecule has 3 N–H and O–H groups in total. The molecule has 0 aliphatic heterocycles. The third-order valence-electron chi connectivity index (χ3n) is 5.03. The van der Waals surface area contributed by atoms with E-state index >= 15 is 0 Å². The predicted molar refractivity (Wildman–Crippen MR) is 96.1 cm³/mol. The van der Waals surface area contributed by atoms with Crippen LogP contribution in [-0.4, -0.2) is 38.4 Å². The van der Waals surface area contributed by atoms with E-state index in [0.29, 0.717) is 30.2 Å². The molecule has 25 heavy (non-hydrogen) atoms. The van der Waals surface area contributed by atoms with E-state index in [4.69, 9.17) is 5.73 Å². The molecule has 0 aromatic carbocycles. The third-order valence-corrected chi connectivity index (χ3v) is 5.98. The Morgan fingerprint density at radius 2 is 2.00 bits per heavy atom. The molecule has 1 aromatic rings. The topological polar surface area (TPSA) is 103 Å². The molecule has 0 radical (unpaired) electrons. The van der Waals surface area contributed by atoms with Crippen molar-refractivity contribution in [3.05, 3.63) is 5.82 Å². The Morgan fingerprint density at radius 3 is 2.68 bits per heavy atom. The third kappa shape index (κ3) is 4.96. The van der Waals surface area contributed by atoms with E-state index < -0.39 is 0 Å². The van der Waals surface area contributed by atoms with Gasteiger partial charge in [-0.3, -0.25) is 9.59 Å². The molecule has 0 spiro atoms. The Kier molecular flexibility index (Phi) is 5.98. The fourth-order valence-electron chi connectivity index (χ4n) is 3.42. The van der Waals surface area contributed by atoms with Gasteiger partial charge in [0.1, 0.15) is 5.82 Å². The highest BCUT2D eigenvalue weighted by atomic mass is 32.2. The Bertz CT molecular complexity index is 629. The van der Waals surface area contributed by atoms with Crippen LogP contribution in [0.25, 0.3) is 0 Å². The molecular formula is C17H27N5O2S. The van der Waals surface area contributed by atoms with Crippen molar-refractivity contribution in [2.75, 3.05) is 5.75 Å². The smallest absolute Gasteiger partial charge is 0.230 e. The van der Waals surface area contributed by atoms with Gasteiger partial charge in [-0.15, -0.1) is 10.2 Å². The van der Waals surface area contributed by atoms with Crippen molar-refractivity contribution in [2.45, 2.75) is 75.5 Å². The number of nitrogens with two attached hydrogens (primary N) is 1. The van der Waals surface area contributed by atoms with E-state index in [1.165, 1.54) is 31.0 Å². The highest BCUT2D eigenvalue weighted by Crippen LogP contribution is 2.39. The van der Waals surface area contributed by atoms with Crippen LogP contribution in [0.15, 0.2) is 5.16 Å². The number of aromatic nitrogens is 3. The van der Waals surface area contributed by atoms with E-state index in [2.05, 4.69) is 27.0 Å². The largest absolute Gasteiger partial charge is 0.370 e. The maximum atomic E-state index is 12.3. The molecule has 3 rings (SSSR count). The quantitative estimate of drug-likeness (QED) is 0.684. The molecule has 1 aromatic heterocycles. The molecule has 1 heterocycles. The molecule has 0 unspecified atom stereocenters. The van der Waals surface area contributed by atoms with Crippen molar-refractivity contribution in [2.24, 2.45) is 11.7 Å². The average Bonchev–Trinajstić information content (AvgIpc) is 3.33. The highest BCUT2D eigenvalue weighted by Gasteiger charge is 2.30. The molecule has 2 aliphatic carbocycles. The number of nitrogens with one attached hydrogen (secondary N) is 1. The van der Waals surface area contributed by atoms with Crippen molar-refractivity contribution in [3.63, 3.8) is 0 Å². The van der Waals surface area contributed by atoms with Gasteiger partial charge in [-0.1, -0.05) is 31.5 Å². The number of thioether (sulfide) groups is 1. The molecule has 8 heteroatoms. The van der Waals surface area contributed by atoms with Crippen LogP contribution in [0, 0.1) is 5.92 Å². The van der Waals surface area contributed by atoms with Crippen LogP contribution in [-0.2, 0) is 16.0 Å². The summed E-state index contributed by atoms with van der Waals surface area (Å²) in [6.45, 7) is 2.21. The van der Waals surface area contributed by atoms with Gasteiger partial charge in [0.2, 0.25) is 11.8 Å². The van der Waals surface area contributed by atoms with E-state index in [9.17, 15) is 9.59 Å². The Labute approximate surface area is 152 Å². The van der Waals surface area contributed by atoms with Gasteiger partial charge in [-0.05, 0) is 31.6 Å². The van der Waals surface area contributed by atoms with Gasteiger partial charge in [0, 0.05) is 24.9 Å². The minimum atomic E-state index is -0.333. The maximum absolute atomic E-state index is 12.3. The zero-order valence-corrected chi connectivity index (χ0v) is 15.6. The fraction of sp³-hybridized carbons (Fsp3) is 0.765. The first-order valence-corrected chi connectivity index (χ1v) is 10.2. The van der Waals surface area contributed by atoms with Crippen molar-refractivity contribution in [1.82, 2.24) is 20.1 Å². The van der Waals surface area contributed by atoms with E-state index in [-0.39, 0.29) is 18.2 Å². The second kappa shape index (κ2) is 8.21. The zero-order chi connectivity index (χ0) is 17.8. The van der Waals surface area contributed by atoms with Gasteiger partial charge in [0.05, 0.1) is 5.75 Å². The Morgan fingerprint density at radius 1 is 1.24 bits per heavy atom. The summed E-state index contributed by atoms with van der Waals surface area (Å²) in [5.41, 5.74) is 5.23. The van der Waals surface area contributed by atoms with Crippen LogP contribution in [0.5, 0.6) is 0 Å². The molecule has 7 nitrogen and oxygen atoms in total. The van der Waals surface area contributed by atoms with Gasteiger partial charge in [-0.2, -0.15) is 0 Å². The second-order valence-corrected chi connectivity index (χ2v) is 8.13. The van der Waals surface area contributed by atoms with Crippen molar-refractivity contribution < 1.29 is 9.59 Å². The number of primary amides is 1. The number of carbonyl (C=O) groups excluding carboxylic acids is 2. The summed E-state index contributed by atoms with van der Waals surface area (Å²) < 4.78 is 2.09. The first-order valence-electron chi connectivity index (χ1n) is 9.19. The number of nitrogens with zero attached hydrogens (tertiary/aromatic N) is 3. The van der Waals surface area contributed by atoms with E-state index in [1.54, 1.807) is 0 Å². The fourth-order valence-corrected chi connectivity index (χ4v) is 4.26. The van der Waals surface area contributed by atoms with Gasteiger partial charge < -0.3 is 15.6 Å². The minimum absolute atomic E-state index is 0.0628. The number of hydrogen-bond acceptors (Lipinski definition) is 5. The summed E-state index contributed by atoms with van der Waals surface area (Å²) in [4.78, 5) is 23.3. The summed E-state index contributed by atoms with van der Waals surface area (Å²) in [7, 11) is 0. The highest BCUT2D eigenvalue weighted by molar-refractivity contribution is 7.99. The van der Waals surface area contributed by atoms with Crippen molar-refractivity contribution in [3.8, 4) is 0 Å². The second-order valence-electron chi connectivity index (χ2n) is 7.19. The zero-order valence-electron chi connectivity index (χ0n) is 14.7. The molecule has 0 bridgehead atoms. The summed E-state index contributed by atoms with van der Waals surface area (Å²) in [6.07, 6.45) is 7.70. The lowest BCUT2D eigenvalue weighted by Gasteiger charge is -2.29. The minimum Gasteiger partial charge on any atom is -0.370 e. The summed E-state index contributed by atoms with van der Waals surface area (Å²) in [5, 5.41) is 12.4. The number of amides is 2. The molecule has 2 atom stereocenters. The molecule has 138 valence electrons. The van der Waals surface area contributed by atoms with Gasteiger partial charge in [-0.25, -0.2) is 0 Å². The molecule has 2 amide bonds. The summed E-state index contributed by atoms with van der Waals surface area (Å²) in [6, 6.07) is 0.705. The molecule has 2 fully saturated rings. The van der Waals surface area contributed by atoms with Crippen LogP contribution >= 0.6 is 11.8 Å². The SMILES string of the molecule is C[C@H]1CCCC[C@@H]1NC(=O)CSc1nnc(CCC(N)=O)n1C1CC1. The molecular weight excluding hydrogens is 338 g/mol. The van der Waals surface area contributed by atoms with Crippen molar-refractivity contribution >= 4 is 23.6 Å². The summed E-state index contributed by atoms with van der Waals surface area (Å²) >= 11 is 1.43. The van der Waals surface area contributed by atoms with Crippen LogP contribution in [0.3, 0.4) is 0 Å². The normalized spacial score (nSPS) is 23.4. The predicted octanol–water partition coefficient (Wildman–Crippen LogP) is 1.82.